The highest BCUT2D eigenvalue weighted by atomic mass is 32.1. The fourth-order valence-corrected chi connectivity index (χ4v) is 4.28. The van der Waals surface area contributed by atoms with Crippen LogP contribution in [0.15, 0.2) is 47.8 Å². The van der Waals surface area contributed by atoms with Gasteiger partial charge in [-0.05, 0) is 23.9 Å². The Morgan fingerprint density at radius 1 is 1.12 bits per heavy atom. The second-order valence-electron chi connectivity index (χ2n) is 6.52. The van der Waals surface area contributed by atoms with E-state index >= 15 is 0 Å². The molecule has 2 aromatic rings. The van der Waals surface area contributed by atoms with Crippen LogP contribution in [0.5, 0.6) is 0 Å². The van der Waals surface area contributed by atoms with Gasteiger partial charge in [-0.25, -0.2) is 4.79 Å². The largest absolute Gasteiger partial charge is 0.334 e. The van der Waals surface area contributed by atoms with E-state index < -0.39 is 6.04 Å². The van der Waals surface area contributed by atoms with Gasteiger partial charge < -0.3 is 9.80 Å². The summed E-state index contributed by atoms with van der Waals surface area (Å²) in [4.78, 5) is 43.6. The first-order valence-corrected chi connectivity index (χ1v) is 9.47. The fourth-order valence-electron chi connectivity index (χ4n) is 3.59. The third-order valence-electron chi connectivity index (χ3n) is 5.04. The summed E-state index contributed by atoms with van der Waals surface area (Å²) in [6.45, 7) is 2.93. The van der Waals surface area contributed by atoms with Gasteiger partial charge >= 0.3 is 6.03 Å². The smallest absolute Gasteiger partial charge is 0.328 e. The molecule has 2 aliphatic rings. The van der Waals surface area contributed by atoms with Crippen LogP contribution in [0.2, 0.25) is 0 Å². The van der Waals surface area contributed by atoms with Gasteiger partial charge in [-0.1, -0.05) is 36.4 Å². The quantitative estimate of drug-likeness (QED) is 0.782. The number of nitrogens with zero attached hydrogens (tertiary/aromatic N) is 3. The molecule has 134 valence electrons. The molecule has 1 aromatic carbocycles. The molecule has 2 saturated heterocycles. The highest BCUT2D eigenvalue weighted by Gasteiger charge is 2.50. The molecule has 0 unspecified atom stereocenters. The van der Waals surface area contributed by atoms with Crippen LogP contribution in [0.4, 0.5) is 4.79 Å². The Morgan fingerprint density at radius 3 is 2.58 bits per heavy atom. The van der Waals surface area contributed by atoms with Crippen molar-refractivity contribution in [3.05, 3.63) is 58.3 Å². The highest BCUT2D eigenvalue weighted by molar-refractivity contribution is 7.12. The zero-order valence-corrected chi connectivity index (χ0v) is 15.2. The van der Waals surface area contributed by atoms with Crippen LogP contribution in [-0.4, -0.2) is 58.2 Å². The third-order valence-corrected chi connectivity index (χ3v) is 5.90. The summed E-state index contributed by atoms with van der Waals surface area (Å²) in [7, 11) is 0. The maximum absolute atomic E-state index is 12.9. The van der Waals surface area contributed by atoms with E-state index in [9.17, 15) is 14.4 Å². The molecule has 2 aliphatic heterocycles. The molecule has 0 bridgehead atoms. The van der Waals surface area contributed by atoms with E-state index in [-0.39, 0.29) is 30.4 Å². The van der Waals surface area contributed by atoms with Crippen LogP contribution >= 0.6 is 11.3 Å². The molecule has 2 atom stereocenters. The SMILES string of the molecule is C[C@H](c1ccccc1)N1C(=O)[C@H]2CN(C(=O)c3cccs3)CCN2C1=O. The third kappa shape index (κ3) is 2.68. The second kappa shape index (κ2) is 6.57. The number of benzene rings is 1. The summed E-state index contributed by atoms with van der Waals surface area (Å²) in [6, 6.07) is 11.9. The predicted molar refractivity (Wildman–Crippen MR) is 97.8 cm³/mol. The zero-order chi connectivity index (χ0) is 18.3. The minimum absolute atomic E-state index is 0.0746. The van der Waals surface area contributed by atoms with Crippen LogP contribution in [0, 0.1) is 0 Å². The lowest BCUT2D eigenvalue weighted by Gasteiger charge is -2.35. The predicted octanol–water partition coefficient (Wildman–Crippen LogP) is 2.60. The maximum Gasteiger partial charge on any atom is 0.328 e. The summed E-state index contributed by atoms with van der Waals surface area (Å²) in [5.41, 5.74) is 0.917. The Morgan fingerprint density at radius 2 is 1.88 bits per heavy atom. The van der Waals surface area contributed by atoms with Gasteiger partial charge in [-0.2, -0.15) is 0 Å². The number of hydrogen-bond donors (Lipinski definition) is 0. The average molecular weight is 369 g/mol. The lowest BCUT2D eigenvalue weighted by Crippen LogP contribution is -2.54. The van der Waals surface area contributed by atoms with Gasteiger partial charge in [0.05, 0.1) is 17.5 Å². The lowest BCUT2D eigenvalue weighted by atomic mass is 10.1. The van der Waals surface area contributed by atoms with Crippen molar-refractivity contribution < 1.29 is 14.4 Å². The number of hydrogen-bond acceptors (Lipinski definition) is 4. The van der Waals surface area contributed by atoms with Crippen molar-refractivity contribution in [2.24, 2.45) is 0 Å². The van der Waals surface area contributed by atoms with E-state index in [1.54, 1.807) is 15.9 Å². The second-order valence-corrected chi connectivity index (χ2v) is 7.46. The number of urea groups is 1. The maximum atomic E-state index is 12.9. The molecule has 7 heteroatoms. The molecule has 3 heterocycles. The lowest BCUT2D eigenvalue weighted by molar-refractivity contribution is -0.130. The van der Waals surface area contributed by atoms with E-state index in [2.05, 4.69) is 0 Å². The van der Waals surface area contributed by atoms with Gasteiger partial charge in [0.2, 0.25) is 0 Å². The zero-order valence-electron chi connectivity index (χ0n) is 14.4. The molecular formula is C19H19N3O3S. The molecule has 0 radical (unpaired) electrons. The van der Waals surface area contributed by atoms with Gasteiger partial charge in [0.1, 0.15) is 6.04 Å². The average Bonchev–Trinajstić information content (AvgIpc) is 3.29. The minimum atomic E-state index is -0.591. The van der Waals surface area contributed by atoms with Gasteiger partial charge in [-0.15, -0.1) is 11.3 Å². The van der Waals surface area contributed by atoms with Crippen molar-refractivity contribution >= 4 is 29.2 Å². The Hall–Kier alpha value is -2.67. The van der Waals surface area contributed by atoms with E-state index in [0.717, 1.165) is 5.56 Å². The fraction of sp³-hybridized carbons (Fsp3) is 0.316. The first-order chi connectivity index (χ1) is 12.6. The first kappa shape index (κ1) is 16.8. The van der Waals surface area contributed by atoms with Gasteiger partial charge in [0, 0.05) is 13.1 Å². The molecule has 26 heavy (non-hydrogen) atoms. The van der Waals surface area contributed by atoms with E-state index in [4.69, 9.17) is 0 Å². The normalized spacial score (nSPS) is 21.1. The topological polar surface area (TPSA) is 60.9 Å². The van der Waals surface area contributed by atoms with E-state index in [1.807, 2.05) is 48.7 Å². The molecule has 1 aromatic heterocycles. The van der Waals surface area contributed by atoms with Crippen LogP contribution in [0.25, 0.3) is 0 Å². The van der Waals surface area contributed by atoms with Crippen LogP contribution in [-0.2, 0) is 4.79 Å². The summed E-state index contributed by atoms with van der Waals surface area (Å²) >= 11 is 1.39. The Balaban J connectivity index is 1.54. The minimum Gasteiger partial charge on any atom is -0.334 e. The van der Waals surface area contributed by atoms with Crippen molar-refractivity contribution in [1.82, 2.24) is 14.7 Å². The van der Waals surface area contributed by atoms with Crippen molar-refractivity contribution in [3.63, 3.8) is 0 Å². The molecule has 0 spiro atoms. The molecule has 2 fully saturated rings. The molecular weight excluding hydrogens is 350 g/mol. The van der Waals surface area contributed by atoms with Crippen molar-refractivity contribution in [3.8, 4) is 0 Å². The first-order valence-electron chi connectivity index (χ1n) is 8.59. The van der Waals surface area contributed by atoms with E-state index in [1.165, 1.54) is 16.2 Å². The highest BCUT2D eigenvalue weighted by Crippen LogP contribution is 2.30. The number of thiophene rings is 1. The van der Waals surface area contributed by atoms with Gasteiger partial charge in [0.15, 0.2) is 0 Å². The Bertz CT molecular complexity index is 837. The van der Waals surface area contributed by atoms with Crippen LogP contribution < -0.4 is 0 Å². The van der Waals surface area contributed by atoms with Crippen molar-refractivity contribution in [2.75, 3.05) is 19.6 Å². The monoisotopic (exact) mass is 369 g/mol. The molecule has 0 saturated carbocycles. The molecule has 4 amide bonds. The summed E-state index contributed by atoms with van der Waals surface area (Å²) in [5, 5.41) is 1.86. The Labute approximate surface area is 155 Å². The number of piperazine rings is 1. The number of fused-ring (bicyclic) bond motifs is 1. The molecule has 0 aliphatic carbocycles. The number of rotatable bonds is 3. The molecule has 6 nitrogen and oxygen atoms in total. The number of amides is 4. The Kier molecular flexibility index (Phi) is 4.24. The van der Waals surface area contributed by atoms with Gasteiger partial charge in [-0.3, -0.25) is 14.5 Å². The number of carbonyl (C=O) groups excluding carboxylic acids is 3. The standard InChI is InChI=1S/C19H19N3O3S/c1-13(14-6-3-2-4-7-14)22-17(23)15-12-20(9-10-21(15)19(22)25)18(24)16-8-5-11-26-16/h2-8,11,13,15H,9-10,12H2,1H3/t13-,15-/m1/s1. The molecule has 0 N–H and O–H groups in total. The van der Waals surface area contributed by atoms with Crippen LogP contribution in [0.1, 0.15) is 28.2 Å². The van der Waals surface area contributed by atoms with Crippen molar-refractivity contribution in [1.29, 1.82) is 0 Å². The summed E-state index contributed by atoms with van der Waals surface area (Å²) < 4.78 is 0. The number of imide groups is 1. The number of carbonyl (C=O) groups is 3. The van der Waals surface area contributed by atoms with Crippen molar-refractivity contribution in [2.45, 2.75) is 19.0 Å². The summed E-state index contributed by atoms with van der Waals surface area (Å²) in [6.07, 6.45) is 0. The van der Waals surface area contributed by atoms with Crippen LogP contribution in [0.3, 0.4) is 0 Å². The molecule has 4 rings (SSSR count). The van der Waals surface area contributed by atoms with Gasteiger partial charge in [0.25, 0.3) is 11.8 Å². The van der Waals surface area contributed by atoms with E-state index in [0.29, 0.717) is 18.0 Å². The summed E-state index contributed by atoms with van der Waals surface area (Å²) in [5.74, 6) is -0.301.